The number of amides is 1. The molecule has 1 aromatic rings. The fraction of sp³-hybridized carbons (Fsp3) is 0.500. The molecule has 106 valence electrons. The summed E-state index contributed by atoms with van der Waals surface area (Å²) in [5.74, 6) is -0.234. The van der Waals surface area contributed by atoms with Crippen LogP contribution in [0.1, 0.15) is 24.2 Å². The van der Waals surface area contributed by atoms with E-state index in [9.17, 15) is 9.36 Å². The fourth-order valence-electron chi connectivity index (χ4n) is 1.47. The quantitative estimate of drug-likeness (QED) is 0.740. The number of carbonyl (C=O) groups excluding carboxylic acids is 1. The molecular formula is C12H19N2O4P. The summed E-state index contributed by atoms with van der Waals surface area (Å²) in [5, 5.41) is 2.67. The summed E-state index contributed by atoms with van der Waals surface area (Å²) < 4.78 is 22.4. The Morgan fingerprint density at radius 3 is 2.37 bits per heavy atom. The molecule has 6 nitrogen and oxygen atoms in total. The lowest BCUT2D eigenvalue weighted by Gasteiger charge is -2.17. The zero-order chi connectivity index (χ0) is 14.1. The summed E-state index contributed by atoms with van der Waals surface area (Å²) in [6.45, 7) is 4.37. The molecule has 0 aromatic carbocycles. The van der Waals surface area contributed by atoms with Gasteiger partial charge in [-0.25, -0.2) is 0 Å². The number of carbonyl (C=O) groups is 1. The van der Waals surface area contributed by atoms with Crippen molar-refractivity contribution in [2.24, 2.45) is 0 Å². The van der Waals surface area contributed by atoms with E-state index in [1.807, 2.05) is 0 Å². The molecule has 0 atom stereocenters. The monoisotopic (exact) mass is 286 g/mol. The van der Waals surface area contributed by atoms with E-state index in [0.717, 1.165) is 0 Å². The number of hydrogen-bond donors (Lipinski definition) is 1. The van der Waals surface area contributed by atoms with Gasteiger partial charge in [-0.2, -0.15) is 0 Å². The van der Waals surface area contributed by atoms with Gasteiger partial charge in [-0.3, -0.25) is 14.3 Å². The van der Waals surface area contributed by atoms with E-state index in [1.165, 1.54) is 0 Å². The number of nitrogens with zero attached hydrogens (tertiary/aromatic N) is 1. The molecule has 7 heteroatoms. The highest BCUT2D eigenvalue weighted by Gasteiger charge is 2.23. The van der Waals surface area contributed by atoms with Crippen molar-refractivity contribution in [2.45, 2.75) is 13.8 Å². The summed E-state index contributed by atoms with van der Waals surface area (Å²) in [7, 11) is -3.09. The molecule has 1 N–H and O–H groups in total. The maximum Gasteiger partial charge on any atom is 0.332 e. The summed E-state index contributed by atoms with van der Waals surface area (Å²) in [5.41, 5.74) is 0.512. The van der Waals surface area contributed by atoms with Crippen LogP contribution >= 0.6 is 7.60 Å². The van der Waals surface area contributed by atoms with Gasteiger partial charge < -0.3 is 14.4 Å². The molecule has 0 aliphatic heterocycles. The summed E-state index contributed by atoms with van der Waals surface area (Å²) in [6, 6.07) is 3.22. The van der Waals surface area contributed by atoms with Gasteiger partial charge in [0.2, 0.25) is 0 Å². The predicted molar refractivity (Wildman–Crippen MR) is 72.3 cm³/mol. The van der Waals surface area contributed by atoms with E-state index in [1.54, 1.807) is 38.4 Å². The van der Waals surface area contributed by atoms with Crippen LogP contribution < -0.4 is 5.32 Å². The average Bonchev–Trinajstić information content (AvgIpc) is 2.40. The number of hydrogen-bond acceptors (Lipinski definition) is 5. The lowest BCUT2D eigenvalue weighted by atomic mass is 10.2. The second-order valence-electron chi connectivity index (χ2n) is 3.66. The smallest absolute Gasteiger partial charge is 0.332 e. The van der Waals surface area contributed by atoms with Crippen molar-refractivity contribution in [1.29, 1.82) is 0 Å². The molecule has 1 heterocycles. The van der Waals surface area contributed by atoms with Crippen LogP contribution in [0.2, 0.25) is 0 Å². The number of pyridine rings is 1. The SMILES string of the molecule is CCOP(=O)(CCNC(=O)c1ccncc1)OCC. The molecule has 19 heavy (non-hydrogen) atoms. The second-order valence-corrected chi connectivity index (χ2v) is 5.85. The van der Waals surface area contributed by atoms with E-state index in [4.69, 9.17) is 9.05 Å². The Kier molecular flexibility index (Phi) is 6.70. The van der Waals surface area contributed by atoms with Gasteiger partial charge in [0.15, 0.2) is 0 Å². The Balaban J connectivity index is 2.44. The predicted octanol–water partition coefficient (Wildman–Crippen LogP) is 2.08. The molecule has 0 saturated heterocycles. The zero-order valence-electron chi connectivity index (χ0n) is 11.2. The van der Waals surface area contributed by atoms with Crippen molar-refractivity contribution >= 4 is 13.5 Å². The second kappa shape index (κ2) is 8.04. The molecule has 0 aliphatic carbocycles. The van der Waals surface area contributed by atoms with Crippen molar-refractivity contribution in [3.8, 4) is 0 Å². The Morgan fingerprint density at radius 2 is 1.84 bits per heavy atom. The first-order valence-corrected chi connectivity index (χ1v) is 7.90. The minimum absolute atomic E-state index is 0.158. The first-order chi connectivity index (χ1) is 9.11. The van der Waals surface area contributed by atoms with Gasteiger partial charge >= 0.3 is 7.60 Å². The first kappa shape index (κ1) is 15.8. The summed E-state index contributed by atoms with van der Waals surface area (Å²) in [6.07, 6.45) is 3.24. The van der Waals surface area contributed by atoms with Crippen LogP contribution in [0.25, 0.3) is 0 Å². The molecule has 1 aromatic heterocycles. The van der Waals surface area contributed by atoms with Crippen molar-refractivity contribution in [2.75, 3.05) is 25.9 Å². The van der Waals surface area contributed by atoms with E-state index in [0.29, 0.717) is 18.8 Å². The maximum atomic E-state index is 12.1. The maximum absolute atomic E-state index is 12.1. The molecule has 1 amide bonds. The Bertz CT molecular complexity index is 429. The molecular weight excluding hydrogens is 267 g/mol. The van der Waals surface area contributed by atoms with Crippen LogP contribution in [0.15, 0.2) is 24.5 Å². The highest BCUT2D eigenvalue weighted by atomic mass is 31.2. The molecule has 0 bridgehead atoms. The Labute approximate surface area is 113 Å². The zero-order valence-corrected chi connectivity index (χ0v) is 12.1. The largest absolute Gasteiger partial charge is 0.351 e. The van der Waals surface area contributed by atoms with Gasteiger partial charge in [0.1, 0.15) is 0 Å². The third-order valence-corrected chi connectivity index (χ3v) is 4.34. The highest BCUT2D eigenvalue weighted by Crippen LogP contribution is 2.47. The van der Waals surface area contributed by atoms with Crippen molar-refractivity contribution < 1.29 is 18.4 Å². The number of aromatic nitrogens is 1. The van der Waals surface area contributed by atoms with Crippen LogP contribution in [0.3, 0.4) is 0 Å². The van der Waals surface area contributed by atoms with Gasteiger partial charge in [0.05, 0.1) is 19.4 Å². The summed E-state index contributed by atoms with van der Waals surface area (Å²) in [4.78, 5) is 15.6. The van der Waals surface area contributed by atoms with Crippen molar-refractivity contribution in [3.05, 3.63) is 30.1 Å². The fourth-order valence-corrected chi connectivity index (χ4v) is 2.98. The molecule has 0 saturated carbocycles. The van der Waals surface area contributed by atoms with Crippen molar-refractivity contribution in [3.63, 3.8) is 0 Å². The minimum Gasteiger partial charge on any atom is -0.351 e. The third-order valence-electron chi connectivity index (χ3n) is 2.27. The molecule has 1 rings (SSSR count). The Hall–Kier alpha value is -1.23. The highest BCUT2D eigenvalue weighted by molar-refractivity contribution is 7.53. The Morgan fingerprint density at radius 1 is 1.26 bits per heavy atom. The van der Waals surface area contributed by atoms with E-state index in [-0.39, 0.29) is 18.6 Å². The first-order valence-electron chi connectivity index (χ1n) is 6.17. The van der Waals surface area contributed by atoms with Gasteiger partial charge in [0, 0.05) is 24.5 Å². The molecule has 0 unspecified atom stereocenters. The molecule has 0 spiro atoms. The van der Waals surface area contributed by atoms with E-state index >= 15 is 0 Å². The van der Waals surface area contributed by atoms with Gasteiger partial charge in [-0.1, -0.05) is 0 Å². The van der Waals surface area contributed by atoms with Crippen LogP contribution in [0, 0.1) is 0 Å². The van der Waals surface area contributed by atoms with Crippen LogP contribution in [-0.2, 0) is 13.6 Å². The van der Waals surface area contributed by atoms with E-state index < -0.39 is 7.60 Å². The van der Waals surface area contributed by atoms with E-state index in [2.05, 4.69) is 10.3 Å². The van der Waals surface area contributed by atoms with Crippen LogP contribution in [-0.4, -0.2) is 36.8 Å². The van der Waals surface area contributed by atoms with Gasteiger partial charge in [-0.05, 0) is 26.0 Å². The van der Waals surface area contributed by atoms with Crippen LogP contribution in [0.5, 0.6) is 0 Å². The van der Waals surface area contributed by atoms with Gasteiger partial charge in [-0.15, -0.1) is 0 Å². The molecule has 0 aliphatic rings. The third kappa shape index (κ3) is 5.51. The van der Waals surface area contributed by atoms with Crippen molar-refractivity contribution in [1.82, 2.24) is 10.3 Å². The topological polar surface area (TPSA) is 77.5 Å². The summed E-state index contributed by atoms with van der Waals surface area (Å²) >= 11 is 0. The van der Waals surface area contributed by atoms with Crippen LogP contribution in [0.4, 0.5) is 0 Å². The standard InChI is InChI=1S/C12H19N2O4P/c1-3-17-19(16,18-4-2)10-9-14-12(15)11-5-7-13-8-6-11/h5-8H,3-4,9-10H2,1-2H3,(H,14,15). The van der Waals surface area contributed by atoms with Gasteiger partial charge in [0.25, 0.3) is 5.91 Å². The normalized spacial score (nSPS) is 11.3. The lowest BCUT2D eigenvalue weighted by Crippen LogP contribution is -2.27. The molecule has 0 fully saturated rings. The minimum atomic E-state index is -3.09. The lowest BCUT2D eigenvalue weighted by molar-refractivity contribution is 0.0955. The number of rotatable bonds is 8. The molecule has 0 radical (unpaired) electrons. The average molecular weight is 286 g/mol. The number of nitrogens with one attached hydrogen (secondary N) is 1.